The number of hydrogen-bond acceptors (Lipinski definition) is 2. The number of aromatic nitrogens is 2. The lowest BCUT2D eigenvalue weighted by atomic mass is 10.0. The molecule has 4 heteroatoms. The van der Waals surface area contributed by atoms with Crippen LogP contribution in [0.2, 0.25) is 0 Å². The fourth-order valence-corrected chi connectivity index (χ4v) is 3.84. The first-order valence-corrected chi connectivity index (χ1v) is 8.04. The van der Waals surface area contributed by atoms with Crippen LogP contribution >= 0.6 is 0 Å². The number of rotatable bonds is 3. The van der Waals surface area contributed by atoms with Gasteiger partial charge in [0.2, 0.25) is 5.91 Å². The Kier molecular flexibility index (Phi) is 3.87. The molecule has 1 aliphatic carbocycles. The number of aryl methyl sites for hydroxylation is 2. The van der Waals surface area contributed by atoms with Crippen molar-refractivity contribution in [3.8, 4) is 0 Å². The van der Waals surface area contributed by atoms with Crippen LogP contribution in [0.5, 0.6) is 0 Å². The molecule has 2 heterocycles. The second-order valence-corrected chi connectivity index (χ2v) is 6.42. The Morgan fingerprint density at radius 2 is 2.19 bits per heavy atom. The number of hydrogen-bond donors (Lipinski definition) is 0. The van der Waals surface area contributed by atoms with Crippen LogP contribution in [0.4, 0.5) is 0 Å². The highest BCUT2D eigenvalue weighted by Gasteiger charge is 2.34. The predicted octanol–water partition coefficient (Wildman–Crippen LogP) is 3.06. The molecule has 1 aliphatic heterocycles. The Morgan fingerprint density at radius 3 is 2.81 bits per heavy atom. The quantitative estimate of drug-likeness (QED) is 0.801. The van der Waals surface area contributed by atoms with Gasteiger partial charge in [-0.1, -0.05) is 12.2 Å². The average Bonchev–Trinajstić information content (AvgIpc) is 3.13. The normalized spacial score (nSPS) is 25.0. The summed E-state index contributed by atoms with van der Waals surface area (Å²) in [6.07, 6.45) is 9.52. The molecular formula is C17H25N3O. The molecule has 1 aromatic heterocycles. The first-order valence-electron chi connectivity index (χ1n) is 8.04. The second-order valence-electron chi connectivity index (χ2n) is 6.42. The molecule has 0 bridgehead atoms. The molecule has 0 aromatic carbocycles. The molecule has 1 saturated heterocycles. The summed E-state index contributed by atoms with van der Waals surface area (Å²) >= 11 is 0. The van der Waals surface area contributed by atoms with Crippen molar-refractivity contribution in [3.63, 3.8) is 0 Å². The predicted molar refractivity (Wildman–Crippen MR) is 82.9 cm³/mol. The lowest BCUT2D eigenvalue weighted by molar-refractivity contribution is -0.132. The van der Waals surface area contributed by atoms with Crippen molar-refractivity contribution in [2.24, 2.45) is 13.0 Å². The molecule has 2 aliphatic rings. The molecule has 0 radical (unpaired) electrons. The first-order chi connectivity index (χ1) is 10.1. The third-order valence-electron chi connectivity index (χ3n) is 5.02. The molecule has 1 fully saturated rings. The van der Waals surface area contributed by atoms with Crippen LogP contribution in [-0.4, -0.2) is 27.1 Å². The number of carbonyl (C=O) groups is 1. The summed E-state index contributed by atoms with van der Waals surface area (Å²) in [5.41, 5.74) is 3.53. The van der Waals surface area contributed by atoms with E-state index in [1.165, 1.54) is 11.3 Å². The highest BCUT2D eigenvalue weighted by molar-refractivity contribution is 5.77. The maximum absolute atomic E-state index is 12.7. The molecular weight excluding hydrogens is 262 g/mol. The van der Waals surface area contributed by atoms with E-state index in [-0.39, 0.29) is 6.04 Å². The highest BCUT2D eigenvalue weighted by Crippen LogP contribution is 2.36. The van der Waals surface area contributed by atoms with Gasteiger partial charge in [-0.15, -0.1) is 0 Å². The average molecular weight is 287 g/mol. The van der Waals surface area contributed by atoms with E-state index in [9.17, 15) is 4.79 Å². The Bertz CT molecular complexity index is 573. The fourth-order valence-electron chi connectivity index (χ4n) is 3.84. The zero-order valence-corrected chi connectivity index (χ0v) is 13.3. The summed E-state index contributed by atoms with van der Waals surface area (Å²) in [5, 5.41) is 4.52. The van der Waals surface area contributed by atoms with Gasteiger partial charge in [-0.25, -0.2) is 0 Å². The summed E-state index contributed by atoms with van der Waals surface area (Å²) in [5.74, 6) is 0.770. The van der Waals surface area contributed by atoms with Gasteiger partial charge in [0.1, 0.15) is 0 Å². The summed E-state index contributed by atoms with van der Waals surface area (Å²) in [4.78, 5) is 14.8. The van der Waals surface area contributed by atoms with Gasteiger partial charge in [0.25, 0.3) is 0 Å². The second kappa shape index (κ2) is 5.66. The molecule has 0 spiro atoms. The van der Waals surface area contributed by atoms with E-state index in [0.717, 1.165) is 37.9 Å². The van der Waals surface area contributed by atoms with Gasteiger partial charge in [-0.05, 0) is 45.4 Å². The molecule has 4 nitrogen and oxygen atoms in total. The first kappa shape index (κ1) is 14.4. The van der Waals surface area contributed by atoms with Gasteiger partial charge in [0.15, 0.2) is 0 Å². The molecule has 2 atom stereocenters. The van der Waals surface area contributed by atoms with Gasteiger partial charge in [-0.3, -0.25) is 9.48 Å². The third-order valence-corrected chi connectivity index (χ3v) is 5.02. The van der Waals surface area contributed by atoms with E-state index in [0.29, 0.717) is 18.2 Å². The van der Waals surface area contributed by atoms with Crippen LogP contribution in [0.1, 0.15) is 55.1 Å². The molecule has 1 aromatic rings. The van der Waals surface area contributed by atoms with Crippen LogP contribution in [0, 0.1) is 19.8 Å². The fraction of sp³-hybridized carbons (Fsp3) is 0.647. The minimum Gasteiger partial charge on any atom is -0.336 e. The minimum atomic E-state index is 0.233. The van der Waals surface area contributed by atoms with Gasteiger partial charge in [-0.2, -0.15) is 5.10 Å². The zero-order valence-electron chi connectivity index (χ0n) is 13.3. The van der Waals surface area contributed by atoms with Crippen molar-refractivity contribution in [2.45, 2.75) is 52.0 Å². The van der Waals surface area contributed by atoms with E-state index < -0.39 is 0 Å². The number of amides is 1. The standard InChI is InChI=1S/C17H25N3O/c1-12-17(13(2)19(3)18-12)15-9-6-10-20(15)16(21)11-14-7-4-5-8-14/h4,7,14-15H,5-6,8-11H2,1-3H3/t14-,15-/m1/s1. The number of likely N-dealkylation sites (tertiary alicyclic amines) is 1. The maximum Gasteiger partial charge on any atom is 0.223 e. The molecule has 1 amide bonds. The SMILES string of the molecule is Cc1nn(C)c(C)c1[C@H]1CCCN1C(=O)C[C@@H]1C=CCC1. The lowest BCUT2D eigenvalue weighted by Gasteiger charge is -2.26. The van der Waals surface area contributed by atoms with Crippen LogP contribution in [-0.2, 0) is 11.8 Å². The molecule has 114 valence electrons. The van der Waals surface area contributed by atoms with E-state index in [1.54, 1.807) is 0 Å². The molecule has 0 N–H and O–H groups in total. The van der Waals surface area contributed by atoms with Crippen molar-refractivity contribution >= 4 is 5.91 Å². The summed E-state index contributed by atoms with van der Waals surface area (Å²) < 4.78 is 1.94. The highest BCUT2D eigenvalue weighted by atomic mass is 16.2. The summed E-state index contributed by atoms with van der Waals surface area (Å²) in [7, 11) is 1.98. The summed E-state index contributed by atoms with van der Waals surface area (Å²) in [6.45, 7) is 5.06. The van der Waals surface area contributed by atoms with Gasteiger partial charge in [0, 0.05) is 31.3 Å². The Labute approximate surface area is 126 Å². The van der Waals surface area contributed by atoms with Gasteiger partial charge >= 0.3 is 0 Å². The van der Waals surface area contributed by atoms with Gasteiger partial charge < -0.3 is 4.90 Å². The molecule has 0 unspecified atom stereocenters. The topological polar surface area (TPSA) is 38.1 Å². The Hall–Kier alpha value is -1.58. The van der Waals surface area contributed by atoms with Crippen LogP contribution in [0.25, 0.3) is 0 Å². The van der Waals surface area contributed by atoms with E-state index in [2.05, 4.69) is 36.0 Å². The minimum absolute atomic E-state index is 0.233. The lowest BCUT2D eigenvalue weighted by Crippen LogP contribution is -2.32. The van der Waals surface area contributed by atoms with Gasteiger partial charge in [0.05, 0.1) is 11.7 Å². The van der Waals surface area contributed by atoms with E-state index in [1.807, 2.05) is 11.7 Å². The smallest absolute Gasteiger partial charge is 0.223 e. The monoisotopic (exact) mass is 287 g/mol. The van der Waals surface area contributed by atoms with Crippen molar-refractivity contribution in [3.05, 3.63) is 29.1 Å². The zero-order chi connectivity index (χ0) is 15.0. The molecule has 21 heavy (non-hydrogen) atoms. The molecule has 3 rings (SSSR count). The van der Waals surface area contributed by atoms with E-state index >= 15 is 0 Å². The number of allylic oxidation sites excluding steroid dienone is 2. The van der Waals surface area contributed by atoms with Crippen molar-refractivity contribution in [1.82, 2.24) is 14.7 Å². The Balaban J connectivity index is 1.78. The van der Waals surface area contributed by atoms with Crippen LogP contribution in [0.15, 0.2) is 12.2 Å². The summed E-state index contributed by atoms with van der Waals surface area (Å²) in [6, 6.07) is 0.233. The Morgan fingerprint density at radius 1 is 1.38 bits per heavy atom. The number of nitrogens with zero attached hydrogens (tertiary/aromatic N) is 3. The van der Waals surface area contributed by atoms with Crippen molar-refractivity contribution in [1.29, 1.82) is 0 Å². The van der Waals surface area contributed by atoms with Crippen molar-refractivity contribution < 1.29 is 4.79 Å². The third kappa shape index (κ3) is 2.63. The van der Waals surface area contributed by atoms with Crippen LogP contribution in [0.3, 0.4) is 0 Å². The van der Waals surface area contributed by atoms with E-state index in [4.69, 9.17) is 0 Å². The van der Waals surface area contributed by atoms with Crippen LogP contribution < -0.4 is 0 Å². The van der Waals surface area contributed by atoms with Crippen molar-refractivity contribution in [2.75, 3.05) is 6.54 Å². The largest absolute Gasteiger partial charge is 0.336 e. The maximum atomic E-state index is 12.7. The number of carbonyl (C=O) groups excluding carboxylic acids is 1. The molecule has 0 saturated carbocycles.